The molecular weight excluding hydrogens is 200 g/mol. The minimum Gasteiger partial charge on any atom is -0.389 e. The van der Waals surface area contributed by atoms with Gasteiger partial charge in [-0.05, 0) is 23.8 Å². The Balaban J connectivity index is 2.17. The first-order chi connectivity index (χ1) is 7.43. The number of nitrogens with zero attached hydrogens (tertiary/aromatic N) is 2. The lowest BCUT2D eigenvalue weighted by Gasteiger charge is -2.46. The number of aryl methyl sites for hydroxylation is 1. The molecule has 1 aliphatic rings. The minimum absolute atomic E-state index is 0.0150. The Kier molecular flexibility index (Phi) is 2.82. The number of hydrogen-bond acceptors (Lipinski definition) is 2. The first-order valence-electron chi connectivity index (χ1n) is 6.13. The molecule has 1 atom stereocenters. The summed E-state index contributed by atoms with van der Waals surface area (Å²) in [6.45, 7) is 4.37. The number of aromatic nitrogens is 2. The second-order valence-electron chi connectivity index (χ2n) is 5.82. The summed E-state index contributed by atoms with van der Waals surface area (Å²) in [5.41, 5.74) is 0.593. The van der Waals surface area contributed by atoms with Crippen molar-refractivity contribution in [2.24, 2.45) is 12.5 Å². The molecule has 3 heteroatoms. The molecule has 1 aromatic rings. The highest BCUT2D eigenvalue weighted by molar-refractivity contribution is 5.12. The minimum atomic E-state index is -0.561. The fourth-order valence-electron chi connectivity index (χ4n) is 2.78. The fraction of sp³-hybridized carbons (Fsp3) is 0.769. The van der Waals surface area contributed by atoms with Crippen molar-refractivity contribution >= 4 is 0 Å². The third-order valence-electron chi connectivity index (χ3n) is 4.16. The Bertz CT molecular complexity index is 370. The molecule has 0 aliphatic heterocycles. The Morgan fingerprint density at radius 3 is 2.62 bits per heavy atom. The maximum absolute atomic E-state index is 10.8. The molecular formula is C13H22N2O. The van der Waals surface area contributed by atoms with Crippen LogP contribution in [0, 0.1) is 5.41 Å². The van der Waals surface area contributed by atoms with E-state index in [1.807, 2.05) is 19.4 Å². The lowest BCUT2D eigenvalue weighted by atomic mass is 9.63. The van der Waals surface area contributed by atoms with Gasteiger partial charge in [0.1, 0.15) is 0 Å². The van der Waals surface area contributed by atoms with Crippen LogP contribution in [-0.2, 0) is 13.5 Å². The first-order valence-corrected chi connectivity index (χ1v) is 6.13. The van der Waals surface area contributed by atoms with Crippen molar-refractivity contribution in [2.75, 3.05) is 0 Å². The van der Waals surface area contributed by atoms with Crippen molar-refractivity contribution in [3.05, 3.63) is 18.0 Å². The molecule has 2 rings (SSSR count). The van der Waals surface area contributed by atoms with Gasteiger partial charge in [-0.15, -0.1) is 0 Å². The van der Waals surface area contributed by atoms with E-state index in [-0.39, 0.29) is 5.41 Å². The van der Waals surface area contributed by atoms with E-state index in [0.29, 0.717) is 0 Å². The summed E-state index contributed by atoms with van der Waals surface area (Å²) in [5, 5.41) is 15.0. The Hall–Kier alpha value is -0.830. The SMILES string of the molecule is Cn1cc(CC2(O)CCCCC2(C)C)cn1. The van der Waals surface area contributed by atoms with Crippen molar-refractivity contribution in [3.8, 4) is 0 Å². The van der Waals surface area contributed by atoms with Gasteiger partial charge in [0.15, 0.2) is 0 Å². The van der Waals surface area contributed by atoms with E-state index in [1.165, 1.54) is 6.42 Å². The van der Waals surface area contributed by atoms with E-state index < -0.39 is 5.60 Å². The Labute approximate surface area is 97.5 Å². The second-order valence-corrected chi connectivity index (χ2v) is 5.82. The quantitative estimate of drug-likeness (QED) is 0.833. The maximum atomic E-state index is 10.8. The average Bonchev–Trinajstić information content (AvgIpc) is 2.57. The van der Waals surface area contributed by atoms with Crippen molar-refractivity contribution in [2.45, 2.75) is 51.6 Å². The lowest BCUT2D eigenvalue weighted by molar-refractivity contribution is -0.0958. The molecule has 1 saturated carbocycles. The predicted molar refractivity (Wildman–Crippen MR) is 64.1 cm³/mol. The van der Waals surface area contributed by atoms with Gasteiger partial charge >= 0.3 is 0 Å². The molecule has 0 bridgehead atoms. The number of rotatable bonds is 2. The van der Waals surface area contributed by atoms with Gasteiger partial charge in [0.05, 0.1) is 11.8 Å². The highest BCUT2D eigenvalue weighted by Gasteiger charge is 2.44. The van der Waals surface area contributed by atoms with E-state index in [0.717, 1.165) is 31.2 Å². The van der Waals surface area contributed by atoms with Gasteiger partial charge < -0.3 is 5.11 Å². The summed E-state index contributed by atoms with van der Waals surface area (Å²) in [6, 6.07) is 0. The fourth-order valence-corrected chi connectivity index (χ4v) is 2.78. The van der Waals surface area contributed by atoms with Crippen LogP contribution in [0.3, 0.4) is 0 Å². The van der Waals surface area contributed by atoms with E-state index >= 15 is 0 Å². The largest absolute Gasteiger partial charge is 0.389 e. The lowest BCUT2D eigenvalue weighted by Crippen LogP contribution is -2.48. The van der Waals surface area contributed by atoms with Crippen LogP contribution >= 0.6 is 0 Å². The summed E-state index contributed by atoms with van der Waals surface area (Å²) in [4.78, 5) is 0. The standard InChI is InChI=1S/C13H22N2O/c1-12(2)6-4-5-7-13(12,16)8-11-9-14-15(3)10-11/h9-10,16H,4-8H2,1-3H3. The molecule has 1 heterocycles. The highest BCUT2D eigenvalue weighted by Crippen LogP contribution is 2.45. The number of aliphatic hydroxyl groups is 1. The van der Waals surface area contributed by atoms with E-state index in [4.69, 9.17) is 0 Å². The summed E-state index contributed by atoms with van der Waals surface area (Å²) < 4.78 is 1.80. The summed E-state index contributed by atoms with van der Waals surface area (Å²) in [7, 11) is 1.92. The van der Waals surface area contributed by atoms with Gasteiger partial charge in [-0.25, -0.2) is 0 Å². The molecule has 90 valence electrons. The van der Waals surface area contributed by atoms with Crippen LogP contribution in [0.1, 0.15) is 45.1 Å². The van der Waals surface area contributed by atoms with Gasteiger partial charge in [-0.3, -0.25) is 4.68 Å². The molecule has 0 spiro atoms. The zero-order valence-electron chi connectivity index (χ0n) is 10.5. The summed E-state index contributed by atoms with van der Waals surface area (Å²) >= 11 is 0. The van der Waals surface area contributed by atoms with Crippen LogP contribution in [0.25, 0.3) is 0 Å². The van der Waals surface area contributed by atoms with E-state index in [9.17, 15) is 5.11 Å². The van der Waals surface area contributed by atoms with Crippen LogP contribution in [-0.4, -0.2) is 20.5 Å². The molecule has 1 aromatic heterocycles. The second kappa shape index (κ2) is 3.88. The van der Waals surface area contributed by atoms with Gasteiger partial charge in [-0.2, -0.15) is 5.10 Å². The summed E-state index contributed by atoms with van der Waals surface area (Å²) in [5.74, 6) is 0. The van der Waals surface area contributed by atoms with Crippen LogP contribution in [0.5, 0.6) is 0 Å². The zero-order chi connectivity index (χ0) is 11.8. The molecule has 0 saturated heterocycles. The highest BCUT2D eigenvalue weighted by atomic mass is 16.3. The zero-order valence-corrected chi connectivity index (χ0v) is 10.5. The molecule has 1 N–H and O–H groups in total. The summed E-state index contributed by atoms with van der Waals surface area (Å²) in [6.07, 6.45) is 9.00. The van der Waals surface area contributed by atoms with Crippen LogP contribution < -0.4 is 0 Å². The van der Waals surface area contributed by atoms with E-state index in [1.54, 1.807) is 4.68 Å². The topological polar surface area (TPSA) is 38.0 Å². The van der Waals surface area contributed by atoms with Gasteiger partial charge in [-0.1, -0.05) is 26.7 Å². The van der Waals surface area contributed by atoms with Crippen LogP contribution in [0.15, 0.2) is 12.4 Å². The van der Waals surface area contributed by atoms with Gasteiger partial charge in [0, 0.05) is 19.7 Å². The first kappa shape index (κ1) is 11.6. The van der Waals surface area contributed by atoms with Crippen molar-refractivity contribution < 1.29 is 5.11 Å². The van der Waals surface area contributed by atoms with Crippen molar-refractivity contribution in [1.82, 2.24) is 9.78 Å². The van der Waals surface area contributed by atoms with Crippen molar-refractivity contribution in [1.29, 1.82) is 0 Å². The molecule has 0 amide bonds. The van der Waals surface area contributed by atoms with Crippen LogP contribution in [0.4, 0.5) is 0 Å². The molecule has 1 unspecified atom stereocenters. The Morgan fingerprint density at radius 2 is 2.06 bits per heavy atom. The van der Waals surface area contributed by atoms with Crippen molar-refractivity contribution in [3.63, 3.8) is 0 Å². The molecule has 3 nitrogen and oxygen atoms in total. The van der Waals surface area contributed by atoms with E-state index in [2.05, 4.69) is 18.9 Å². The molecule has 0 radical (unpaired) electrons. The van der Waals surface area contributed by atoms with Crippen LogP contribution in [0.2, 0.25) is 0 Å². The smallest absolute Gasteiger partial charge is 0.0739 e. The molecule has 16 heavy (non-hydrogen) atoms. The predicted octanol–water partition coefficient (Wildman–Crippen LogP) is 2.29. The van der Waals surface area contributed by atoms with Gasteiger partial charge in [0.2, 0.25) is 0 Å². The normalized spacial score (nSPS) is 29.2. The maximum Gasteiger partial charge on any atom is 0.0739 e. The molecule has 0 aromatic carbocycles. The molecule has 1 aliphatic carbocycles. The Morgan fingerprint density at radius 1 is 1.38 bits per heavy atom. The molecule has 1 fully saturated rings. The number of hydrogen-bond donors (Lipinski definition) is 1. The average molecular weight is 222 g/mol. The third kappa shape index (κ3) is 2.01. The monoisotopic (exact) mass is 222 g/mol. The van der Waals surface area contributed by atoms with Gasteiger partial charge in [0.25, 0.3) is 0 Å². The third-order valence-corrected chi connectivity index (χ3v) is 4.16.